The van der Waals surface area contributed by atoms with E-state index in [4.69, 9.17) is 22.1 Å². The average Bonchev–Trinajstić information content (AvgIpc) is 2.89. The summed E-state index contributed by atoms with van der Waals surface area (Å²) < 4.78 is 16.9. The Morgan fingerprint density at radius 3 is 2.55 bits per heavy atom. The second-order valence-electron chi connectivity index (χ2n) is 4.15. The first kappa shape index (κ1) is 15.1. The van der Waals surface area contributed by atoms with Gasteiger partial charge in [-0.3, -0.25) is 0 Å². The fourth-order valence-corrected chi connectivity index (χ4v) is 2.47. The Morgan fingerprint density at radius 1 is 1.00 bits per heavy atom. The van der Waals surface area contributed by atoms with Crippen molar-refractivity contribution in [2.45, 2.75) is 0 Å². The normalized spacial score (nSPS) is 10.7. The molecule has 1 aromatic heterocycles. The van der Waals surface area contributed by atoms with Crippen molar-refractivity contribution in [3.8, 4) is 16.9 Å². The van der Waals surface area contributed by atoms with Gasteiger partial charge in [-0.1, -0.05) is 18.2 Å². The predicted octanol–water partition coefficient (Wildman–Crippen LogP) is 2.25. The van der Waals surface area contributed by atoms with Crippen LogP contribution in [0.25, 0.3) is 11.1 Å². The Kier molecular flexibility index (Phi) is 6.11. The van der Waals surface area contributed by atoms with Crippen LogP contribution < -0.4 is 9.51 Å². The maximum Gasteiger partial charge on any atom is 0.129 e. The third-order valence-electron chi connectivity index (χ3n) is 2.79. The summed E-state index contributed by atoms with van der Waals surface area (Å²) in [5.41, 5.74) is 2.04. The zero-order chi connectivity index (χ0) is 14.2. The zero-order valence-corrected chi connectivity index (χ0v) is 12.3. The van der Waals surface area contributed by atoms with E-state index in [2.05, 4.69) is 0 Å². The number of methoxy groups -OCH3 is 1. The van der Waals surface area contributed by atoms with Crippen LogP contribution in [0.5, 0.6) is 5.75 Å². The van der Waals surface area contributed by atoms with E-state index >= 15 is 0 Å². The molecule has 1 heterocycles. The van der Waals surface area contributed by atoms with Gasteiger partial charge in [0, 0.05) is 12.7 Å². The lowest BCUT2D eigenvalue weighted by atomic mass is 9.96. The monoisotopic (exact) mass is 288 g/mol. The number of thiophene rings is 1. The van der Waals surface area contributed by atoms with Gasteiger partial charge in [-0.05, 0) is 27.9 Å². The molecular weight excluding hydrogens is 271 g/mol. The smallest absolute Gasteiger partial charge is 0.129 e. The summed E-state index contributed by atoms with van der Waals surface area (Å²) in [7, 11) is 7.63. The topological polar surface area (TPSA) is 27.7 Å². The van der Waals surface area contributed by atoms with E-state index in [9.17, 15) is 0 Å². The standard InChI is InChI=1S/C15H17BO3S/c1-17-7-8-18-9-10-19-14-5-3-2-4-12(14)13-6-11-20-15(13)16/h2-6,11H,7-10H2,1H3. The zero-order valence-electron chi connectivity index (χ0n) is 11.5. The fraction of sp³-hybridized carbons (Fsp3) is 0.333. The second kappa shape index (κ2) is 8.09. The largest absolute Gasteiger partial charge is 0.491 e. The molecule has 0 unspecified atom stereocenters. The molecular formula is C15H17BO3S. The maximum absolute atomic E-state index is 5.98. The lowest BCUT2D eigenvalue weighted by Gasteiger charge is -2.11. The summed E-state index contributed by atoms with van der Waals surface area (Å²) in [5, 5.41) is 1.98. The Morgan fingerprint density at radius 2 is 1.80 bits per heavy atom. The molecule has 0 spiro atoms. The second-order valence-corrected chi connectivity index (χ2v) is 5.10. The summed E-state index contributed by atoms with van der Waals surface area (Å²) in [6.07, 6.45) is 0. The minimum atomic E-state index is 0.505. The SMILES string of the molecule is [B]c1sccc1-c1ccccc1OCCOCCOC. The number of hydrogen-bond donors (Lipinski definition) is 0. The molecule has 2 radical (unpaired) electrons. The molecule has 20 heavy (non-hydrogen) atoms. The maximum atomic E-state index is 5.98. The molecule has 0 fully saturated rings. The minimum absolute atomic E-state index is 0.505. The first-order valence-corrected chi connectivity index (χ1v) is 7.32. The van der Waals surface area contributed by atoms with Gasteiger partial charge in [0.25, 0.3) is 0 Å². The van der Waals surface area contributed by atoms with Crippen LogP contribution in [0.3, 0.4) is 0 Å². The van der Waals surface area contributed by atoms with Crippen molar-refractivity contribution < 1.29 is 14.2 Å². The van der Waals surface area contributed by atoms with Gasteiger partial charge in [-0.2, -0.15) is 11.3 Å². The summed E-state index contributed by atoms with van der Waals surface area (Å²) in [5.74, 6) is 0.827. The van der Waals surface area contributed by atoms with E-state index in [-0.39, 0.29) is 0 Å². The van der Waals surface area contributed by atoms with Crippen molar-refractivity contribution in [3.63, 3.8) is 0 Å². The summed E-state index contributed by atoms with van der Waals surface area (Å²) in [6, 6.07) is 9.90. The van der Waals surface area contributed by atoms with Crippen molar-refractivity contribution in [2.24, 2.45) is 0 Å². The van der Waals surface area contributed by atoms with Crippen molar-refractivity contribution in [1.82, 2.24) is 0 Å². The van der Waals surface area contributed by atoms with Crippen molar-refractivity contribution >= 4 is 24.0 Å². The summed E-state index contributed by atoms with van der Waals surface area (Å²) in [4.78, 5) is 0. The highest BCUT2D eigenvalue weighted by atomic mass is 32.1. The van der Waals surface area contributed by atoms with Crippen LogP contribution in [0.4, 0.5) is 0 Å². The highest BCUT2D eigenvalue weighted by molar-refractivity contribution is 7.19. The highest BCUT2D eigenvalue weighted by Crippen LogP contribution is 2.29. The summed E-state index contributed by atoms with van der Waals surface area (Å²) >= 11 is 1.53. The molecule has 0 aliphatic heterocycles. The van der Waals surface area contributed by atoms with Gasteiger partial charge < -0.3 is 14.2 Å². The molecule has 104 valence electrons. The Labute approximate surface area is 124 Å². The number of ether oxygens (including phenoxy) is 3. The van der Waals surface area contributed by atoms with Gasteiger partial charge in [-0.15, -0.1) is 0 Å². The average molecular weight is 288 g/mol. The van der Waals surface area contributed by atoms with Crippen LogP contribution >= 0.6 is 11.3 Å². The highest BCUT2D eigenvalue weighted by Gasteiger charge is 2.08. The number of para-hydroxylation sites is 1. The Bertz CT molecular complexity index is 527. The van der Waals surface area contributed by atoms with E-state index in [1.165, 1.54) is 11.3 Å². The number of hydrogen-bond acceptors (Lipinski definition) is 4. The van der Waals surface area contributed by atoms with Crippen LogP contribution in [0.1, 0.15) is 0 Å². The molecule has 3 nitrogen and oxygen atoms in total. The lowest BCUT2D eigenvalue weighted by Crippen LogP contribution is -2.10. The molecule has 0 bridgehead atoms. The fourth-order valence-electron chi connectivity index (χ4n) is 1.81. The van der Waals surface area contributed by atoms with E-state index in [0.717, 1.165) is 21.7 Å². The lowest BCUT2D eigenvalue weighted by molar-refractivity contribution is 0.0545. The molecule has 0 N–H and O–H groups in total. The third kappa shape index (κ3) is 4.10. The van der Waals surface area contributed by atoms with Gasteiger partial charge in [-0.25, -0.2) is 0 Å². The van der Waals surface area contributed by atoms with Crippen molar-refractivity contribution in [1.29, 1.82) is 0 Å². The van der Waals surface area contributed by atoms with E-state index in [1.54, 1.807) is 7.11 Å². The van der Waals surface area contributed by atoms with Gasteiger partial charge in [0.1, 0.15) is 20.2 Å². The van der Waals surface area contributed by atoms with Gasteiger partial charge in [0.2, 0.25) is 0 Å². The molecule has 0 atom stereocenters. The summed E-state index contributed by atoms with van der Waals surface area (Å²) in [6.45, 7) is 2.22. The molecule has 5 heteroatoms. The number of rotatable bonds is 8. The molecule has 0 aliphatic rings. The molecule has 0 amide bonds. The van der Waals surface area contributed by atoms with Gasteiger partial charge in [0.05, 0.1) is 19.8 Å². The van der Waals surface area contributed by atoms with E-state index in [1.807, 2.05) is 35.7 Å². The van der Waals surface area contributed by atoms with Crippen molar-refractivity contribution in [2.75, 3.05) is 33.5 Å². The van der Waals surface area contributed by atoms with E-state index < -0.39 is 0 Å². The molecule has 2 aromatic rings. The van der Waals surface area contributed by atoms with Crippen LogP contribution in [0, 0.1) is 0 Å². The van der Waals surface area contributed by atoms with Gasteiger partial charge in [0.15, 0.2) is 0 Å². The van der Waals surface area contributed by atoms with Crippen LogP contribution in [-0.4, -0.2) is 41.4 Å². The van der Waals surface area contributed by atoms with Crippen LogP contribution in [-0.2, 0) is 9.47 Å². The molecule has 0 saturated carbocycles. The van der Waals surface area contributed by atoms with Gasteiger partial charge >= 0.3 is 0 Å². The third-order valence-corrected chi connectivity index (χ3v) is 3.54. The molecule has 0 aliphatic carbocycles. The first-order chi connectivity index (χ1) is 9.83. The Balaban J connectivity index is 1.94. The number of benzene rings is 1. The minimum Gasteiger partial charge on any atom is -0.491 e. The first-order valence-electron chi connectivity index (χ1n) is 6.44. The molecule has 0 saturated heterocycles. The molecule has 1 aromatic carbocycles. The predicted molar refractivity (Wildman–Crippen MR) is 83.3 cm³/mol. The molecule has 2 rings (SSSR count). The van der Waals surface area contributed by atoms with E-state index in [0.29, 0.717) is 26.4 Å². The quantitative estimate of drug-likeness (QED) is 0.551. The van der Waals surface area contributed by atoms with Crippen LogP contribution in [0.2, 0.25) is 0 Å². The Hall–Kier alpha value is -1.30. The van der Waals surface area contributed by atoms with Crippen molar-refractivity contribution in [3.05, 3.63) is 35.7 Å². The van der Waals surface area contributed by atoms with Crippen LogP contribution in [0.15, 0.2) is 35.7 Å².